The molecule has 1 aromatic carbocycles. The van der Waals surface area contributed by atoms with Crippen molar-refractivity contribution in [3.8, 4) is 0 Å². The second-order valence-electron chi connectivity index (χ2n) is 5.26. The largest absolute Gasteiger partial charge is 0.313 e. The number of aromatic nitrogens is 3. The summed E-state index contributed by atoms with van der Waals surface area (Å²) in [4.78, 5) is 4.34. The van der Waals surface area contributed by atoms with Crippen molar-refractivity contribution >= 4 is 0 Å². The maximum absolute atomic E-state index is 13.2. The second-order valence-corrected chi connectivity index (χ2v) is 5.26. The van der Waals surface area contributed by atoms with Gasteiger partial charge in [0.05, 0.1) is 0 Å². The fourth-order valence-corrected chi connectivity index (χ4v) is 2.43. The number of nitrogens with zero attached hydrogens (tertiary/aromatic N) is 3. The van der Waals surface area contributed by atoms with Crippen molar-refractivity contribution in [3.05, 3.63) is 47.3 Å². The van der Waals surface area contributed by atoms with Crippen molar-refractivity contribution in [1.29, 1.82) is 0 Å². The molecule has 0 amide bonds. The van der Waals surface area contributed by atoms with E-state index in [4.69, 9.17) is 0 Å². The number of benzene rings is 1. The Hall–Kier alpha value is -1.75. The second kappa shape index (κ2) is 6.13. The Morgan fingerprint density at radius 1 is 1.35 bits per heavy atom. The molecule has 1 N–H and O–H groups in total. The lowest BCUT2D eigenvalue weighted by Crippen LogP contribution is -2.22. The third-order valence-corrected chi connectivity index (χ3v) is 3.48. The van der Waals surface area contributed by atoms with Gasteiger partial charge in [0.2, 0.25) is 0 Å². The number of hydrogen-bond donors (Lipinski definition) is 1. The maximum atomic E-state index is 13.2. The summed E-state index contributed by atoms with van der Waals surface area (Å²) in [7, 11) is 1.91. The van der Waals surface area contributed by atoms with Crippen LogP contribution in [0.3, 0.4) is 0 Å². The van der Waals surface area contributed by atoms with Crippen LogP contribution >= 0.6 is 0 Å². The predicted octanol–water partition coefficient (Wildman–Crippen LogP) is 2.81. The van der Waals surface area contributed by atoms with Crippen LogP contribution in [0.4, 0.5) is 4.39 Å². The first kappa shape index (κ1) is 14.7. The zero-order valence-electron chi connectivity index (χ0n) is 12.4. The molecule has 108 valence electrons. The van der Waals surface area contributed by atoms with E-state index < -0.39 is 0 Å². The van der Waals surface area contributed by atoms with E-state index in [1.807, 2.05) is 24.7 Å². The van der Waals surface area contributed by atoms with Gasteiger partial charge < -0.3 is 5.32 Å². The van der Waals surface area contributed by atoms with Gasteiger partial charge in [-0.2, -0.15) is 5.10 Å². The third kappa shape index (κ3) is 3.04. The summed E-state index contributed by atoms with van der Waals surface area (Å²) in [6, 6.07) is 5.27. The molecule has 0 fully saturated rings. The van der Waals surface area contributed by atoms with Crippen LogP contribution in [0.15, 0.2) is 24.5 Å². The van der Waals surface area contributed by atoms with E-state index in [2.05, 4.69) is 29.2 Å². The fourth-order valence-electron chi connectivity index (χ4n) is 2.43. The van der Waals surface area contributed by atoms with E-state index in [0.717, 1.165) is 23.4 Å². The highest BCUT2D eigenvalue weighted by atomic mass is 19.1. The van der Waals surface area contributed by atoms with Gasteiger partial charge in [0.15, 0.2) is 0 Å². The van der Waals surface area contributed by atoms with Crippen molar-refractivity contribution in [2.75, 3.05) is 7.05 Å². The summed E-state index contributed by atoms with van der Waals surface area (Å²) >= 11 is 0. The van der Waals surface area contributed by atoms with Crippen molar-refractivity contribution < 1.29 is 4.39 Å². The lowest BCUT2D eigenvalue weighted by Gasteiger charge is -2.19. The van der Waals surface area contributed by atoms with E-state index in [1.54, 1.807) is 12.4 Å². The maximum Gasteiger partial charge on any atom is 0.138 e. The van der Waals surface area contributed by atoms with Gasteiger partial charge in [-0.1, -0.05) is 6.07 Å². The molecule has 0 saturated carbocycles. The molecule has 0 spiro atoms. The van der Waals surface area contributed by atoms with E-state index in [-0.39, 0.29) is 17.9 Å². The Kier molecular flexibility index (Phi) is 4.49. The molecule has 2 rings (SSSR count). The van der Waals surface area contributed by atoms with Gasteiger partial charge in [0, 0.05) is 18.5 Å². The van der Waals surface area contributed by atoms with Crippen LogP contribution in [0, 0.1) is 12.7 Å². The lowest BCUT2D eigenvalue weighted by atomic mass is 9.98. The molecule has 0 aliphatic heterocycles. The zero-order chi connectivity index (χ0) is 14.7. The van der Waals surface area contributed by atoms with Crippen LogP contribution in [0.25, 0.3) is 0 Å². The molecule has 0 aliphatic rings. The van der Waals surface area contributed by atoms with Gasteiger partial charge >= 0.3 is 0 Å². The molecule has 4 nitrogen and oxygen atoms in total. The average molecular weight is 276 g/mol. The summed E-state index contributed by atoms with van der Waals surface area (Å²) in [5, 5.41) is 7.53. The molecule has 0 aliphatic carbocycles. The van der Waals surface area contributed by atoms with Crippen LogP contribution in [0.5, 0.6) is 0 Å². The Bertz CT molecular complexity index is 577. The Labute approximate surface area is 119 Å². The minimum Gasteiger partial charge on any atom is -0.313 e. The molecular formula is C15H21FN4. The molecule has 0 saturated heterocycles. The minimum absolute atomic E-state index is 0.0947. The monoisotopic (exact) mass is 276 g/mol. The Balaban J connectivity index is 2.27. The highest BCUT2D eigenvalue weighted by Crippen LogP contribution is 2.22. The predicted molar refractivity (Wildman–Crippen MR) is 77.0 cm³/mol. The highest BCUT2D eigenvalue weighted by molar-refractivity contribution is 5.30. The highest BCUT2D eigenvalue weighted by Gasteiger charge is 2.17. The molecule has 1 atom stereocenters. The molecule has 20 heavy (non-hydrogen) atoms. The van der Waals surface area contributed by atoms with Crippen LogP contribution in [0.1, 0.15) is 42.9 Å². The van der Waals surface area contributed by atoms with Crippen LogP contribution in [0.2, 0.25) is 0 Å². The zero-order valence-corrected chi connectivity index (χ0v) is 12.4. The van der Waals surface area contributed by atoms with Gasteiger partial charge in [-0.05, 0) is 51.1 Å². The van der Waals surface area contributed by atoms with Gasteiger partial charge in [-0.3, -0.25) is 0 Å². The number of hydrogen-bond acceptors (Lipinski definition) is 3. The molecule has 1 aromatic heterocycles. The summed E-state index contributed by atoms with van der Waals surface area (Å²) in [5.41, 5.74) is 2.03. The fraction of sp³-hybridized carbons (Fsp3) is 0.467. The van der Waals surface area contributed by atoms with Gasteiger partial charge in [0.1, 0.15) is 18.0 Å². The molecular weight excluding hydrogens is 255 g/mol. The van der Waals surface area contributed by atoms with Crippen LogP contribution in [-0.2, 0) is 6.42 Å². The van der Waals surface area contributed by atoms with E-state index in [0.29, 0.717) is 0 Å². The van der Waals surface area contributed by atoms with Gasteiger partial charge in [-0.15, -0.1) is 0 Å². The summed E-state index contributed by atoms with van der Waals surface area (Å²) < 4.78 is 15.1. The summed E-state index contributed by atoms with van der Waals surface area (Å²) in [5.74, 6) is 0.731. The number of nitrogens with one attached hydrogen (secondary N) is 1. The van der Waals surface area contributed by atoms with Gasteiger partial charge in [-0.25, -0.2) is 14.1 Å². The van der Waals surface area contributed by atoms with Crippen molar-refractivity contribution in [2.45, 2.75) is 39.3 Å². The van der Waals surface area contributed by atoms with Crippen molar-refractivity contribution in [1.82, 2.24) is 20.1 Å². The lowest BCUT2D eigenvalue weighted by molar-refractivity contribution is 0.477. The molecule has 0 bridgehead atoms. The normalized spacial score (nSPS) is 12.9. The van der Waals surface area contributed by atoms with E-state index in [9.17, 15) is 4.39 Å². The topological polar surface area (TPSA) is 42.7 Å². The molecule has 1 unspecified atom stereocenters. The van der Waals surface area contributed by atoms with Crippen molar-refractivity contribution in [2.24, 2.45) is 0 Å². The van der Waals surface area contributed by atoms with Crippen LogP contribution < -0.4 is 5.32 Å². The summed E-state index contributed by atoms with van der Waals surface area (Å²) in [6.07, 6.45) is 2.31. The molecule has 5 heteroatoms. The van der Waals surface area contributed by atoms with Gasteiger partial charge in [0.25, 0.3) is 0 Å². The van der Waals surface area contributed by atoms with E-state index >= 15 is 0 Å². The Morgan fingerprint density at radius 2 is 2.10 bits per heavy atom. The first-order chi connectivity index (χ1) is 9.52. The van der Waals surface area contributed by atoms with E-state index in [1.165, 1.54) is 6.07 Å². The number of rotatable bonds is 5. The third-order valence-electron chi connectivity index (χ3n) is 3.48. The quantitative estimate of drug-likeness (QED) is 0.913. The minimum atomic E-state index is -0.202. The number of aryl methyl sites for hydroxylation is 1. The smallest absolute Gasteiger partial charge is 0.138 e. The van der Waals surface area contributed by atoms with Crippen LogP contribution in [-0.4, -0.2) is 21.8 Å². The standard InChI is InChI=1S/C15H21FN4/c1-10(2)20-15(18-9-19-20)8-14(17-4)13-6-5-12(16)7-11(13)3/h5-7,9-10,14,17H,8H2,1-4H3. The first-order valence-electron chi connectivity index (χ1n) is 6.84. The van der Waals surface area contributed by atoms with Crippen molar-refractivity contribution in [3.63, 3.8) is 0 Å². The Morgan fingerprint density at radius 3 is 2.70 bits per heavy atom. The first-order valence-corrected chi connectivity index (χ1v) is 6.84. The molecule has 2 aromatic rings. The summed E-state index contributed by atoms with van der Waals surface area (Å²) in [6.45, 7) is 6.08. The SMILES string of the molecule is CNC(Cc1ncnn1C(C)C)c1ccc(F)cc1C. The number of likely N-dealkylation sites (N-methyl/N-ethyl adjacent to an activating group) is 1. The molecule has 1 heterocycles. The average Bonchev–Trinajstić information content (AvgIpc) is 2.85. The number of halogens is 1. The molecule has 0 radical (unpaired) electrons.